The van der Waals surface area contributed by atoms with Crippen LogP contribution in [0.3, 0.4) is 0 Å². The van der Waals surface area contributed by atoms with Crippen molar-refractivity contribution in [2.75, 3.05) is 18.4 Å². The molecule has 3 aromatic rings. The van der Waals surface area contributed by atoms with Gasteiger partial charge in [0.15, 0.2) is 0 Å². The predicted octanol–water partition coefficient (Wildman–Crippen LogP) is 2.31. The zero-order valence-corrected chi connectivity index (χ0v) is 12.8. The summed E-state index contributed by atoms with van der Waals surface area (Å²) < 4.78 is 8.66. The first-order valence-electron chi connectivity index (χ1n) is 7.41. The minimum absolute atomic E-state index is 0.461. The molecule has 0 amide bonds. The van der Waals surface area contributed by atoms with Gasteiger partial charge in [-0.05, 0) is 32.0 Å². The van der Waals surface area contributed by atoms with Gasteiger partial charge in [-0.3, -0.25) is 4.98 Å². The molecule has 1 aliphatic heterocycles. The average Bonchev–Trinajstić information content (AvgIpc) is 3.04. The molecular formula is C15H16N6S. The summed E-state index contributed by atoms with van der Waals surface area (Å²) in [6.45, 7) is 2.10. The third-order valence-electron chi connectivity index (χ3n) is 3.89. The summed E-state index contributed by atoms with van der Waals surface area (Å²) in [5.74, 6) is 0.824. The molecule has 2 aromatic heterocycles. The molecule has 0 radical (unpaired) electrons. The van der Waals surface area contributed by atoms with E-state index in [1.54, 1.807) is 12.4 Å². The molecule has 0 unspecified atom stereocenters. The second kappa shape index (κ2) is 5.94. The van der Waals surface area contributed by atoms with Crippen LogP contribution in [0.5, 0.6) is 0 Å². The molecule has 1 fully saturated rings. The van der Waals surface area contributed by atoms with E-state index < -0.39 is 0 Å². The van der Waals surface area contributed by atoms with Crippen molar-refractivity contribution in [3.63, 3.8) is 0 Å². The van der Waals surface area contributed by atoms with E-state index in [1.807, 2.05) is 18.2 Å². The van der Waals surface area contributed by atoms with Crippen molar-refractivity contribution in [3.05, 3.63) is 30.6 Å². The summed E-state index contributed by atoms with van der Waals surface area (Å²) in [7, 11) is 0. The molecule has 1 saturated heterocycles. The molecule has 1 aromatic carbocycles. The van der Waals surface area contributed by atoms with E-state index in [-0.39, 0.29) is 0 Å². The zero-order chi connectivity index (χ0) is 14.8. The topological polar surface area (TPSA) is 75.6 Å². The molecule has 0 saturated carbocycles. The maximum absolute atomic E-state index is 4.71. The van der Waals surface area contributed by atoms with E-state index in [2.05, 4.69) is 24.4 Å². The summed E-state index contributed by atoms with van der Waals surface area (Å²) in [4.78, 5) is 9.04. The molecule has 22 heavy (non-hydrogen) atoms. The number of anilines is 1. The summed E-state index contributed by atoms with van der Waals surface area (Å²) >= 11 is 1.22. The number of nitrogens with one attached hydrogen (secondary N) is 2. The number of benzene rings is 1. The van der Waals surface area contributed by atoms with Crippen LogP contribution in [0.25, 0.3) is 22.3 Å². The summed E-state index contributed by atoms with van der Waals surface area (Å²) in [6.07, 6.45) is 5.78. The maximum atomic E-state index is 4.71. The average molecular weight is 312 g/mol. The van der Waals surface area contributed by atoms with Crippen LogP contribution in [0.15, 0.2) is 30.6 Å². The van der Waals surface area contributed by atoms with Crippen LogP contribution in [0.2, 0.25) is 0 Å². The molecule has 0 atom stereocenters. The lowest BCUT2D eigenvalue weighted by atomic mass is 10.1. The van der Waals surface area contributed by atoms with Gasteiger partial charge in [-0.2, -0.15) is 8.75 Å². The normalized spacial score (nSPS) is 16.0. The fourth-order valence-electron chi connectivity index (χ4n) is 2.75. The zero-order valence-electron chi connectivity index (χ0n) is 12.0. The Labute approximate surface area is 132 Å². The van der Waals surface area contributed by atoms with Gasteiger partial charge < -0.3 is 10.6 Å². The number of nitrogens with zero attached hydrogens (tertiary/aromatic N) is 4. The number of hydrogen-bond acceptors (Lipinski definition) is 7. The Morgan fingerprint density at radius 3 is 2.95 bits per heavy atom. The molecular weight excluding hydrogens is 296 g/mol. The van der Waals surface area contributed by atoms with Gasteiger partial charge in [0.05, 0.1) is 29.8 Å². The van der Waals surface area contributed by atoms with E-state index in [0.717, 1.165) is 54.0 Å². The van der Waals surface area contributed by atoms with Crippen molar-refractivity contribution in [3.8, 4) is 11.3 Å². The number of rotatable bonds is 3. The summed E-state index contributed by atoms with van der Waals surface area (Å²) in [5, 5.41) is 6.85. The van der Waals surface area contributed by atoms with E-state index >= 15 is 0 Å². The van der Waals surface area contributed by atoms with Crippen LogP contribution in [0, 0.1) is 0 Å². The van der Waals surface area contributed by atoms with Crippen molar-refractivity contribution in [1.82, 2.24) is 24.0 Å². The highest BCUT2D eigenvalue weighted by Gasteiger charge is 2.14. The van der Waals surface area contributed by atoms with Gasteiger partial charge in [-0.25, -0.2) is 4.98 Å². The third kappa shape index (κ3) is 2.65. The first-order valence-corrected chi connectivity index (χ1v) is 8.14. The fraction of sp³-hybridized carbons (Fsp3) is 0.333. The lowest BCUT2D eigenvalue weighted by Gasteiger charge is -2.24. The lowest BCUT2D eigenvalue weighted by molar-refractivity contribution is 0.478. The van der Waals surface area contributed by atoms with Crippen molar-refractivity contribution in [2.45, 2.75) is 18.9 Å². The number of piperidine rings is 1. The molecule has 6 nitrogen and oxygen atoms in total. The molecule has 7 heteroatoms. The quantitative estimate of drug-likeness (QED) is 0.773. The van der Waals surface area contributed by atoms with E-state index in [0.29, 0.717) is 6.04 Å². The number of aromatic nitrogens is 4. The smallest absolute Gasteiger partial charge is 0.145 e. The highest BCUT2D eigenvalue weighted by molar-refractivity contribution is 7.00. The largest absolute Gasteiger partial charge is 0.366 e. The SMILES string of the molecule is c1cc(-c2cncc(NC3CCNCC3)n2)c2nsnc2c1. The third-order valence-corrected chi connectivity index (χ3v) is 4.43. The van der Waals surface area contributed by atoms with Gasteiger partial charge in [-0.15, -0.1) is 0 Å². The van der Waals surface area contributed by atoms with Crippen molar-refractivity contribution >= 4 is 28.6 Å². The summed E-state index contributed by atoms with van der Waals surface area (Å²) in [6, 6.07) is 6.42. The van der Waals surface area contributed by atoms with E-state index in [9.17, 15) is 0 Å². The van der Waals surface area contributed by atoms with Gasteiger partial charge in [0.2, 0.25) is 0 Å². The standard InChI is InChI=1S/C15H16N6S/c1-2-11(15-12(3-1)20-22-21-15)13-8-17-9-14(19-13)18-10-4-6-16-7-5-10/h1-3,8-10,16H,4-7H2,(H,18,19). The first-order chi connectivity index (χ1) is 10.9. The molecule has 0 spiro atoms. The molecule has 2 N–H and O–H groups in total. The summed E-state index contributed by atoms with van der Waals surface area (Å²) in [5.41, 5.74) is 3.60. The van der Waals surface area contributed by atoms with E-state index in [1.165, 1.54) is 11.7 Å². The second-order valence-electron chi connectivity index (χ2n) is 5.40. The van der Waals surface area contributed by atoms with Crippen LogP contribution in [0.1, 0.15) is 12.8 Å². The first kappa shape index (κ1) is 13.5. The van der Waals surface area contributed by atoms with Gasteiger partial charge in [0, 0.05) is 11.6 Å². The van der Waals surface area contributed by atoms with Gasteiger partial charge in [0.1, 0.15) is 16.9 Å². The van der Waals surface area contributed by atoms with Crippen LogP contribution >= 0.6 is 11.7 Å². The number of hydrogen-bond donors (Lipinski definition) is 2. The van der Waals surface area contributed by atoms with Crippen LogP contribution < -0.4 is 10.6 Å². The van der Waals surface area contributed by atoms with Crippen molar-refractivity contribution in [2.24, 2.45) is 0 Å². The van der Waals surface area contributed by atoms with Gasteiger partial charge in [-0.1, -0.05) is 12.1 Å². The highest BCUT2D eigenvalue weighted by atomic mass is 32.1. The van der Waals surface area contributed by atoms with Crippen molar-refractivity contribution in [1.29, 1.82) is 0 Å². The number of fused-ring (bicyclic) bond motifs is 1. The van der Waals surface area contributed by atoms with Crippen LogP contribution in [0.4, 0.5) is 5.82 Å². The Balaban J connectivity index is 1.65. The van der Waals surface area contributed by atoms with Crippen LogP contribution in [-0.4, -0.2) is 37.8 Å². The Morgan fingerprint density at radius 1 is 1.14 bits per heavy atom. The lowest BCUT2D eigenvalue weighted by Crippen LogP contribution is -2.35. The van der Waals surface area contributed by atoms with Crippen molar-refractivity contribution < 1.29 is 0 Å². The molecule has 112 valence electrons. The Bertz CT molecular complexity index is 780. The molecule has 1 aliphatic rings. The molecule has 0 aliphatic carbocycles. The van der Waals surface area contributed by atoms with Gasteiger partial charge in [0.25, 0.3) is 0 Å². The second-order valence-corrected chi connectivity index (χ2v) is 5.92. The Hall–Kier alpha value is -2.12. The molecule has 3 heterocycles. The van der Waals surface area contributed by atoms with Gasteiger partial charge >= 0.3 is 0 Å². The molecule has 4 rings (SSSR count). The van der Waals surface area contributed by atoms with Crippen LogP contribution in [-0.2, 0) is 0 Å². The minimum Gasteiger partial charge on any atom is -0.366 e. The Kier molecular flexibility index (Phi) is 3.65. The minimum atomic E-state index is 0.461. The monoisotopic (exact) mass is 312 g/mol. The molecule has 0 bridgehead atoms. The van der Waals surface area contributed by atoms with E-state index in [4.69, 9.17) is 4.98 Å². The predicted molar refractivity (Wildman–Crippen MR) is 88.0 cm³/mol. The Morgan fingerprint density at radius 2 is 2.05 bits per heavy atom. The maximum Gasteiger partial charge on any atom is 0.145 e. The highest BCUT2D eigenvalue weighted by Crippen LogP contribution is 2.26. The fourth-order valence-corrected chi connectivity index (χ4v) is 3.30.